The highest BCUT2D eigenvalue weighted by Gasteiger charge is 1.99. The zero-order valence-corrected chi connectivity index (χ0v) is 9.69. The van der Waals surface area contributed by atoms with Crippen molar-refractivity contribution in [3.8, 4) is 0 Å². The van der Waals surface area contributed by atoms with Gasteiger partial charge in [0.15, 0.2) is 0 Å². The van der Waals surface area contributed by atoms with Crippen LogP contribution < -0.4 is 5.73 Å². The van der Waals surface area contributed by atoms with Crippen LogP contribution in [0.25, 0.3) is 0 Å². The number of hydrogen-bond acceptors (Lipinski definition) is 2. The molecule has 0 bridgehead atoms. The lowest BCUT2D eigenvalue weighted by molar-refractivity contribution is 0.795. The van der Waals surface area contributed by atoms with E-state index in [0.717, 1.165) is 23.7 Å². The number of benzene rings is 1. The van der Waals surface area contributed by atoms with Gasteiger partial charge in [0.25, 0.3) is 0 Å². The van der Waals surface area contributed by atoms with Gasteiger partial charge in [-0.3, -0.25) is 0 Å². The third-order valence-corrected chi connectivity index (χ3v) is 2.62. The van der Waals surface area contributed by atoms with E-state index in [0.29, 0.717) is 6.54 Å². The SMILES string of the molecule is NCCc1cn(Cc2ccc(Cl)cc2)cn1. The molecule has 2 rings (SSSR count). The molecule has 0 aliphatic rings. The fourth-order valence-corrected chi connectivity index (χ4v) is 1.70. The van der Waals surface area contributed by atoms with Crippen molar-refractivity contribution in [2.75, 3.05) is 6.54 Å². The molecule has 0 spiro atoms. The molecule has 1 heterocycles. The van der Waals surface area contributed by atoms with Crippen LogP contribution in [0.1, 0.15) is 11.3 Å². The maximum atomic E-state index is 5.83. The molecule has 0 fully saturated rings. The van der Waals surface area contributed by atoms with E-state index in [1.54, 1.807) is 0 Å². The van der Waals surface area contributed by atoms with Crippen LogP contribution in [0, 0.1) is 0 Å². The van der Waals surface area contributed by atoms with Crippen molar-refractivity contribution < 1.29 is 0 Å². The normalized spacial score (nSPS) is 10.6. The molecule has 0 saturated heterocycles. The molecule has 0 amide bonds. The van der Waals surface area contributed by atoms with Crippen molar-refractivity contribution >= 4 is 11.6 Å². The van der Waals surface area contributed by atoms with Gasteiger partial charge in [0.2, 0.25) is 0 Å². The first-order valence-corrected chi connectivity index (χ1v) is 5.61. The first kappa shape index (κ1) is 11.2. The van der Waals surface area contributed by atoms with Crippen LogP contribution >= 0.6 is 11.6 Å². The summed E-state index contributed by atoms with van der Waals surface area (Å²) in [4.78, 5) is 4.28. The van der Waals surface area contributed by atoms with Crippen molar-refractivity contribution in [3.05, 3.63) is 53.1 Å². The van der Waals surface area contributed by atoms with E-state index in [1.807, 2.05) is 41.4 Å². The van der Waals surface area contributed by atoms with Gasteiger partial charge in [-0.25, -0.2) is 4.98 Å². The summed E-state index contributed by atoms with van der Waals surface area (Å²) >= 11 is 5.83. The van der Waals surface area contributed by atoms with Crippen molar-refractivity contribution in [3.63, 3.8) is 0 Å². The molecule has 84 valence electrons. The Balaban J connectivity index is 2.05. The highest BCUT2D eigenvalue weighted by molar-refractivity contribution is 6.30. The Morgan fingerprint density at radius 3 is 2.69 bits per heavy atom. The Morgan fingerprint density at radius 1 is 1.25 bits per heavy atom. The molecule has 2 aromatic rings. The second-order valence-corrected chi connectivity index (χ2v) is 4.14. The lowest BCUT2D eigenvalue weighted by Gasteiger charge is -2.02. The van der Waals surface area contributed by atoms with E-state index in [-0.39, 0.29) is 0 Å². The summed E-state index contributed by atoms with van der Waals surface area (Å²) < 4.78 is 2.05. The molecule has 0 aliphatic heterocycles. The number of rotatable bonds is 4. The van der Waals surface area contributed by atoms with Crippen molar-refractivity contribution in [1.29, 1.82) is 0 Å². The number of hydrogen-bond donors (Lipinski definition) is 1. The van der Waals surface area contributed by atoms with Gasteiger partial charge < -0.3 is 10.3 Å². The topological polar surface area (TPSA) is 43.8 Å². The Labute approximate surface area is 99.9 Å². The Hall–Kier alpha value is -1.32. The second kappa shape index (κ2) is 5.14. The smallest absolute Gasteiger partial charge is 0.0952 e. The fraction of sp³-hybridized carbons (Fsp3) is 0.250. The van der Waals surface area contributed by atoms with Crippen molar-refractivity contribution in [2.24, 2.45) is 5.73 Å². The monoisotopic (exact) mass is 235 g/mol. The van der Waals surface area contributed by atoms with Gasteiger partial charge in [0.05, 0.1) is 12.0 Å². The molecule has 0 saturated carbocycles. The number of aromatic nitrogens is 2. The van der Waals surface area contributed by atoms with Gasteiger partial charge >= 0.3 is 0 Å². The van der Waals surface area contributed by atoms with Gasteiger partial charge in [-0.15, -0.1) is 0 Å². The summed E-state index contributed by atoms with van der Waals surface area (Å²) in [7, 11) is 0. The van der Waals surface area contributed by atoms with Gasteiger partial charge in [0.1, 0.15) is 0 Å². The maximum absolute atomic E-state index is 5.83. The van der Waals surface area contributed by atoms with Crippen LogP contribution in [0.2, 0.25) is 5.02 Å². The standard InChI is InChI=1S/C12H14ClN3/c13-11-3-1-10(2-4-11)7-16-8-12(5-6-14)15-9-16/h1-4,8-9H,5-7,14H2. The van der Waals surface area contributed by atoms with Crippen LogP contribution in [-0.2, 0) is 13.0 Å². The van der Waals surface area contributed by atoms with Crippen molar-refractivity contribution in [2.45, 2.75) is 13.0 Å². The molecular formula is C12H14ClN3. The maximum Gasteiger partial charge on any atom is 0.0952 e. The minimum Gasteiger partial charge on any atom is -0.333 e. The zero-order valence-electron chi connectivity index (χ0n) is 8.94. The zero-order chi connectivity index (χ0) is 11.4. The summed E-state index contributed by atoms with van der Waals surface area (Å²) in [5, 5.41) is 0.762. The third kappa shape index (κ3) is 2.84. The average Bonchev–Trinajstić information content (AvgIpc) is 2.70. The number of nitrogens with zero attached hydrogens (tertiary/aromatic N) is 2. The molecule has 1 aromatic carbocycles. The minimum absolute atomic E-state index is 0.637. The summed E-state index contributed by atoms with van der Waals surface area (Å²) in [5.41, 5.74) is 7.72. The lowest BCUT2D eigenvalue weighted by atomic mass is 10.2. The number of nitrogens with two attached hydrogens (primary N) is 1. The van der Waals surface area contributed by atoms with Crippen molar-refractivity contribution in [1.82, 2.24) is 9.55 Å². The Bertz CT molecular complexity index is 448. The molecule has 0 radical (unpaired) electrons. The van der Waals surface area contributed by atoms with E-state index < -0.39 is 0 Å². The molecule has 3 nitrogen and oxygen atoms in total. The first-order chi connectivity index (χ1) is 7.78. The molecular weight excluding hydrogens is 222 g/mol. The van der Waals surface area contributed by atoms with Gasteiger partial charge in [-0.1, -0.05) is 23.7 Å². The Kier molecular flexibility index (Phi) is 3.59. The lowest BCUT2D eigenvalue weighted by Crippen LogP contribution is -2.02. The van der Waals surface area contributed by atoms with Gasteiger partial charge in [-0.05, 0) is 24.2 Å². The quantitative estimate of drug-likeness (QED) is 0.882. The molecule has 2 N–H and O–H groups in total. The second-order valence-electron chi connectivity index (χ2n) is 3.70. The first-order valence-electron chi connectivity index (χ1n) is 5.23. The predicted molar refractivity (Wildman–Crippen MR) is 65.5 cm³/mol. The molecule has 4 heteroatoms. The van der Waals surface area contributed by atoms with E-state index in [4.69, 9.17) is 17.3 Å². The van der Waals surface area contributed by atoms with E-state index in [2.05, 4.69) is 4.98 Å². The predicted octanol–water partition coefficient (Wildman–Crippen LogP) is 2.09. The van der Waals surface area contributed by atoms with Crippen LogP contribution in [0.3, 0.4) is 0 Å². The molecule has 1 aromatic heterocycles. The summed E-state index contributed by atoms with van der Waals surface area (Å²) in [6.07, 6.45) is 4.69. The fourth-order valence-electron chi connectivity index (χ4n) is 1.57. The van der Waals surface area contributed by atoms with Gasteiger partial charge in [0, 0.05) is 24.2 Å². The molecule has 16 heavy (non-hydrogen) atoms. The highest BCUT2D eigenvalue weighted by Crippen LogP contribution is 2.10. The minimum atomic E-state index is 0.637. The summed E-state index contributed by atoms with van der Waals surface area (Å²) in [5.74, 6) is 0. The number of halogens is 1. The largest absolute Gasteiger partial charge is 0.333 e. The van der Waals surface area contributed by atoms with Gasteiger partial charge in [-0.2, -0.15) is 0 Å². The average molecular weight is 236 g/mol. The van der Waals surface area contributed by atoms with E-state index >= 15 is 0 Å². The van der Waals surface area contributed by atoms with E-state index in [9.17, 15) is 0 Å². The number of imidazole rings is 1. The Morgan fingerprint density at radius 2 is 2.00 bits per heavy atom. The molecule has 0 atom stereocenters. The summed E-state index contributed by atoms with van der Waals surface area (Å²) in [6.45, 7) is 1.45. The van der Waals surface area contributed by atoms with Crippen LogP contribution in [0.15, 0.2) is 36.8 Å². The van der Waals surface area contributed by atoms with E-state index in [1.165, 1.54) is 5.56 Å². The molecule has 0 unspecified atom stereocenters. The summed E-state index contributed by atoms with van der Waals surface area (Å²) in [6, 6.07) is 7.83. The molecule has 0 aliphatic carbocycles. The highest BCUT2D eigenvalue weighted by atomic mass is 35.5. The van der Waals surface area contributed by atoms with Crippen LogP contribution in [-0.4, -0.2) is 16.1 Å². The van der Waals surface area contributed by atoms with Crippen LogP contribution in [0.4, 0.5) is 0 Å². The third-order valence-electron chi connectivity index (χ3n) is 2.37. The van der Waals surface area contributed by atoms with Crippen LogP contribution in [0.5, 0.6) is 0 Å².